The van der Waals surface area contributed by atoms with Crippen molar-refractivity contribution >= 4 is 35.3 Å². The highest BCUT2D eigenvalue weighted by atomic mass is 32.2. The fourth-order valence-corrected chi connectivity index (χ4v) is 4.48. The summed E-state index contributed by atoms with van der Waals surface area (Å²) >= 11 is 1.44. The number of carbonyl (C=O) groups excluding carboxylic acids is 2. The van der Waals surface area contributed by atoms with Crippen molar-refractivity contribution < 1.29 is 9.59 Å². The fourth-order valence-electron chi connectivity index (χ4n) is 3.55. The van der Waals surface area contributed by atoms with Crippen LogP contribution in [0.3, 0.4) is 0 Å². The smallest absolute Gasteiger partial charge is 0.262 e. The van der Waals surface area contributed by atoms with Crippen molar-refractivity contribution in [3.05, 3.63) is 64.1 Å². The number of amides is 2. The predicted molar refractivity (Wildman–Crippen MR) is 110 cm³/mol. The topological polar surface area (TPSA) is 58.2 Å². The molecule has 1 heterocycles. The standard InChI is InChI=1S/C22H22N2O2S/c1-14-5-4-6-15(11-14)12-20-22(26)24-18-13-16(9-10-19(18)27-20)21(25)23-17-7-2-3-8-17/h4-6,9-13,17H,2-3,7-8H2,1H3,(H,23,25)(H,24,26). The van der Waals surface area contributed by atoms with Crippen molar-refractivity contribution in [3.8, 4) is 0 Å². The second kappa shape index (κ2) is 7.61. The zero-order chi connectivity index (χ0) is 18.8. The zero-order valence-corrected chi connectivity index (χ0v) is 16.1. The summed E-state index contributed by atoms with van der Waals surface area (Å²) in [5.74, 6) is -0.201. The summed E-state index contributed by atoms with van der Waals surface area (Å²) in [4.78, 5) is 26.6. The van der Waals surface area contributed by atoms with Crippen molar-refractivity contribution in [2.75, 3.05) is 5.32 Å². The average Bonchev–Trinajstić information content (AvgIpc) is 3.15. The van der Waals surface area contributed by atoms with Gasteiger partial charge in [0.2, 0.25) is 0 Å². The van der Waals surface area contributed by atoms with E-state index in [0.717, 1.165) is 28.9 Å². The number of benzene rings is 2. The zero-order valence-electron chi connectivity index (χ0n) is 15.2. The number of hydrogen-bond donors (Lipinski definition) is 2. The molecule has 2 N–H and O–H groups in total. The summed E-state index contributed by atoms with van der Waals surface area (Å²) in [6.07, 6.45) is 6.36. The molecule has 1 aliphatic carbocycles. The van der Waals surface area contributed by atoms with E-state index in [9.17, 15) is 9.59 Å². The summed E-state index contributed by atoms with van der Waals surface area (Å²) in [5, 5.41) is 6.02. The Hall–Kier alpha value is -2.53. The molecular formula is C22H22N2O2S. The number of fused-ring (bicyclic) bond motifs is 1. The SMILES string of the molecule is Cc1cccc(C=C2Sc3ccc(C(=O)NC4CCCC4)cc3NC2=O)c1. The largest absolute Gasteiger partial charge is 0.349 e. The van der Waals surface area contributed by atoms with E-state index in [0.29, 0.717) is 16.2 Å². The van der Waals surface area contributed by atoms with Gasteiger partial charge in [-0.2, -0.15) is 0 Å². The molecule has 0 aromatic heterocycles. The normalized spacial score (nSPS) is 18.3. The van der Waals surface area contributed by atoms with Crippen LogP contribution in [-0.4, -0.2) is 17.9 Å². The molecule has 0 bridgehead atoms. The maximum atomic E-state index is 12.5. The second-order valence-electron chi connectivity index (χ2n) is 7.14. The Balaban J connectivity index is 1.53. The quantitative estimate of drug-likeness (QED) is 0.758. The van der Waals surface area contributed by atoms with Crippen LogP contribution in [0.1, 0.15) is 47.2 Å². The Kier molecular flexibility index (Phi) is 5.03. The van der Waals surface area contributed by atoms with Crippen molar-refractivity contribution in [1.29, 1.82) is 0 Å². The molecule has 0 unspecified atom stereocenters. The minimum absolute atomic E-state index is 0.0648. The molecule has 138 valence electrons. The molecule has 0 spiro atoms. The van der Waals surface area contributed by atoms with Gasteiger partial charge in [0.25, 0.3) is 11.8 Å². The molecule has 1 aliphatic heterocycles. The van der Waals surface area contributed by atoms with Crippen LogP contribution in [0.15, 0.2) is 52.3 Å². The molecular weight excluding hydrogens is 356 g/mol. The molecule has 0 radical (unpaired) electrons. The molecule has 1 saturated carbocycles. The van der Waals surface area contributed by atoms with Crippen LogP contribution in [-0.2, 0) is 4.79 Å². The van der Waals surface area contributed by atoms with Crippen molar-refractivity contribution in [2.45, 2.75) is 43.5 Å². The second-order valence-corrected chi connectivity index (χ2v) is 8.23. The lowest BCUT2D eigenvalue weighted by atomic mass is 10.1. The average molecular weight is 378 g/mol. The molecule has 2 aromatic rings. The molecule has 27 heavy (non-hydrogen) atoms. The highest BCUT2D eigenvalue weighted by molar-refractivity contribution is 8.04. The highest BCUT2D eigenvalue weighted by Crippen LogP contribution is 2.39. The molecule has 2 aliphatic rings. The van der Waals surface area contributed by atoms with Crippen LogP contribution in [0.4, 0.5) is 5.69 Å². The Bertz CT molecular complexity index is 930. The lowest BCUT2D eigenvalue weighted by Crippen LogP contribution is -2.32. The van der Waals surface area contributed by atoms with Gasteiger partial charge < -0.3 is 10.6 Å². The van der Waals surface area contributed by atoms with Crippen LogP contribution in [0.25, 0.3) is 6.08 Å². The summed E-state index contributed by atoms with van der Waals surface area (Å²) in [6.45, 7) is 2.03. The van der Waals surface area contributed by atoms with Crippen LogP contribution in [0.2, 0.25) is 0 Å². The lowest BCUT2D eigenvalue weighted by molar-refractivity contribution is -0.112. The van der Waals surface area contributed by atoms with Gasteiger partial charge in [-0.05, 0) is 49.6 Å². The van der Waals surface area contributed by atoms with E-state index in [-0.39, 0.29) is 17.9 Å². The van der Waals surface area contributed by atoms with E-state index in [4.69, 9.17) is 0 Å². The number of hydrogen-bond acceptors (Lipinski definition) is 3. The monoisotopic (exact) mass is 378 g/mol. The first-order valence-electron chi connectivity index (χ1n) is 9.31. The highest BCUT2D eigenvalue weighted by Gasteiger charge is 2.23. The first kappa shape index (κ1) is 17.9. The van der Waals surface area contributed by atoms with Crippen LogP contribution in [0.5, 0.6) is 0 Å². The molecule has 0 atom stereocenters. The van der Waals surface area contributed by atoms with E-state index in [1.165, 1.54) is 24.6 Å². The number of aryl methyl sites for hydroxylation is 1. The Morgan fingerprint density at radius 2 is 2.00 bits per heavy atom. The van der Waals surface area contributed by atoms with Crippen molar-refractivity contribution in [2.24, 2.45) is 0 Å². The molecule has 0 saturated heterocycles. The van der Waals surface area contributed by atoms with Gasteiger partial charge in [-0.15, -0.1) is 0 Å². The minimum Gasteiger partial charge on any atom is -0.349 e. The van der Waals surface area contributed by atoms with Crippen LogP contribution >= 0.6 is 11.8 Å². The summed E-state index contributed by atoms with van der Waals surface area (Å²) < 4.78 is 0. The number of nitrogens with one attached hydrogen (secondary N) is 2. The Morgan fingerprint density at radius 3 is 2.78 bits per heavy atom. The van der Waals surface area contributed by atoms with Gasteiger partial charge in [0.1, 0.15) is 0 Å². The van der Waals surface area contributed by atoms with Gasteiger partial charge in [0, 0.05) is 16.5 Å². The van der Waals surface area contributed by atoms with Gasteiger partial charge in [0.15, 0.2) is 0 Å². The molecule has 1 fully saturated rings. The number of anilines is 1. The van der Waals surface area contributed by atoms with Crippen molar-refractivity contribution in [3.63, 3.8) is 0 Å². The van der Waals surface area contributed by atoms with E-state index in [1.54, 1.807) is 6.07 Å². The fraction of sp³-hybridized carbons (Fsp3) is 0.273. The maximum absolute atomic E-state index is 12.5. The molecule has 2 amide bonds. The molecule has 5 heteroatoms. The summed E-state index contributed by atoms with van der Waals surface area (Å²) in [6, 6.07) is 13.8. The lowest BCUT2D eigenvalue weighted by Gasteiger charge is -2.20. The Morgan fingerprint density at radius 1 is 1.19 bits per heavy atom. The molecule has 4 nitrogen and oxygen atoms in total. The van der Waals surface area contributed by atoms with E-state index >= 15 is 0 Å². The Labute approximate surface area is 163 Å². The number of thioether (sulfide) groups is 1. The van der Waals surface area contributed by atoms with E-state index < -0.39 is 0 Å². The van der Waals surface area contributed by atoms with Crippen LogP contribution in [0, 0.1) is 6.92 Å². The van der Waals surface area contributed by atoms with Gasteiger partial charge in [0.05, 0.1) is 10.6 Å². The third-order valence-electron chi connectivity index (χ3n) is 4.96. The summed E-state index contributed by atoms with van der Waals surface area (Å²) in [5.41, 5.74) is 3.45. The van der Waals surface area contributed by atoms with E-state index in [1.807, 2.05) is 49.4 Å². The third-order valence-corrected chi connectivity index (χ3v) is 6.06. The minimum atomic E-state index is -0.137. The van der Waals surface area contributed by atoms with Crippen molar-refractivity contribution in [1.82, 2.24) is 5.32 Å². The molecule has 2 aromatic carbocycles. The summed E-state index contributed by atoms with van der Waals surface area (Å²) in [7, 11) is 0. The third kappa shape index (κ3) is 4.08. The number of carbonyl (C=O) groups is 2. The first-order valence-corrected chi connectivity index (χ1v) is 10.1. The van der Waals surface area contributed by atoms with Gasteiger partial charge >= 0.3 is 0 Å². The first-order chi connectivity index (χ1) is 13.1. The van der Waals surface area contributed by atoms with Crippen LogP contribution < -0.4 is 10.6 Å². The van der Waals surface area contributed by atoms with Gasteiger partial charge in [-0.3, -0.25) is 9.59 Å². The predicted octanol–water partition coefficient (Wildman–Crippen LogP) is 4.75. The maximum Gasteiger partial charge on any atom is 0.262 e. The van der Waals surface area contributed by atoms with Gasteiger partial charge in [-0.1, -0.05) is 54.4 Å². The molecule has 4 rings (SSSR count). The number of rotatable bonds is 3. The van der Waals surface area contributed by atoms with Gasteiger partial charge in [-0.25, -0.2) is 0 Å². The van der Waals surface area contributed by atoms with E-state index in [2.05, 4.69) is 10.6 Å².